The number of rotatable bonds is 2. The van der Waals surface area contributed by atoms with E-state index in [2.05, 4.69) is 146 Å². The molecule has 0 spiro atoms. The Hall–Kier alpha value is -5.06. The Kier molecular flexibility index (Phi) is 5.39. The van der Waals surface area contributed by atoms with Crippen molar-refractivity contribution in [2.45, 2.75) is 0 Å². The Morgan fingerprint density at radius 3 is 1.36 bits per heavy atom. The Labute approximate surface area is 282 Å². The van der Waals surface area contributed by atoms with Gasteiger partial charge in [0.2, 0.25) is 0 Å². The van der Waals surface area contributed by atoms with Crippen LogP contribution in [0.5, 0.6) is 0 Å². The van der Waals surface area contributed by atoms with E-state index in [1.54, 1.807) is 0 Å². The quantitative estimate of drug-likeness (QED) is 0.175. The molecule has 3 aromatic heterocycles. The fourth-order valence-corrected chi connectivity index (χ4v) is 11.1. The zero-order chi connectivity index (χ0) is 30.6. The molecule has 3 heterocycles. The Bertz CT molecular complexity index is 3020. The first-order valence-electron chi connectivity index (χ1n) is 15.9. The predicted molar refractivity (Wildman–Crippen MR) is 211 cm³/mol. The molecule has 0 radical (unpaired) electrons. The molecule has 0 atom stereocenters. The van der Waals surface area contributed by atoms with Crippen LogP contribution < -0.4 is 0 Å². The normalized spacial score (nSPS) is 12.3. The van der Waals surface area contributed by atoms with Crippen molar-refractivity contribution in [1.29, 1.82) is 0 Å². The summed E-state index contributed by atoms with van der Waals surface area (Å²) in [6.07, 6.45) is 0. The van der Waals surface area contributed by atoms with Crippen LogP contribution in [0.25, 0.3) is 104 Å². The Balaban J connectivity index is 0.981. The molecule has 0 unspecified atom stereocenters. The van der Waals surface area contributed by atoms with Crippen LogP contribution in [0, 0.1) is 0 Å². The maximum atomic E-state index is 2.42. The monoisotopic (exact) mass is 648 g/mol. The Morgan fingerprint density at radius 2 is 0.723 bits per heavy atom. The van der Waals surface area contributed by atoms with Crippen LogP contribution in [0.1, 0.15) is 0 Å². The lowest BCUT2D eigenvalue weighted by molar-refractivity contribution is 1.68. The minimum atomic E-state index is 1.25. The van der Waals surface area contributed by atoms with Crippen LogP contribution >= 0.6 is 34.0 Å². The molecule has 0 N–H and O–H groups in total. The highest BCUT2D eigenvalue weighted by molar-refractivity contribution is 7.36. The smallest absolute Gasteiger partial charge is 0.0542 e. The molecule has 0 aliphatic carbocycles. The average Bonchev–Trinajstić information content (AvgIpc) is 3.79. The summed E-state index contributed by atoms with van der Waals surface area (Å²) in [6, 6.07) is 54.6. The summed E-state index contributed by atoms with van der Waals surface area (Å²) in [5, 5.41) is 14.4. The van der Waals surface area contributed by atoms with Crippen LogP contribution in [0.4, 0.5) is 0 Å². The highest BCUT2D eigenvalue weighted by Crippen LogP contribution is 2.46. The van der Waals surface area contributed by atoms with Gasteiger partial charge in [-0.1, -0.05) is 84.9 Å². The second-order valence-corrected chi connectivity index (χ2v) is 15.8. The van der Waals surface area contributed by atoms with Gasteiger partial charge in [-0.05, 0) is 126 Å². The first-order valence-corrected chi connectivity index (χ1v) is 18.3. The fourth-order valence-electron chi connectivity index (χ4n) is 7.31. The molecule has 8 aromatic carbocycles. The van der Waals surface area contributed by atoms with E-state index in [9.17, 15) is 0 Å². The lowest BCUT2D eigenvalue weighted by atomic mass is 9.97. The second-order valence-electron chi connectivity index (χ2n) is 12.6. The van der Waals surface area contributed by atoms with Crippen molar-refractivity contribution in [3.8, 4) is 21.6 Å². The van der Waals surface area contributed by atoms with Crippen molar-refractivity contribution in [3.05, 3.63) is 146 Å². The van der Waals surface area contributed by atoms with E-state index >= 15 is 0 Å². The Morgan fingerprint density at radius 1 is 0.277 bits per heavy atom. The molecule has 0 bridgehead atoms. The zero-order valence-electron chi connectivity index (χ0n) is 25.1. The molecular weight excluding hydrogens is 625 g/mol. The van der Waals surface area contributed by atoms with Crippen LogP contribution in [0.2, 0.25) is 0 Å². The molecule has 3 heteroatoms. The van der Waals surface area contributed by atoms with Crippen molar-refractivity contribution in [3.63, 3.8) is 0 Å². The predicted octanol–water partition coefficient (Wildman–Crippen LogP) is 14.4. The number of hydrogen-bond donors (Lipinski definition) is 0. The van der Waals surface area contributed by atoms with Crippen LogP contribution in [0.3, 0.4) is 0 Å². The van der Waals surface area contributed by atoms with Gasteiger partial charge in [0, 0.05) is 29.7 Å². The van der Waals surface area contributed by atoms with Gasteiger partial charge in [0.25, 0.3) is 0 Å². The van der Waals surface area contributed by atoms with Crippen LogP contribution in [-0.4, -0.2) is 0 Å². The number of benzene rings is 8. The van der Waals surface area contributed by atoms with E-state index in [0.29, 0.717) is 0 Å². The molecule has 0 fully saturated rings. The summed E-state index contributed by atoms with van der Waals surface area (Å²) < 4.78 is 6.91. The number of hydrogen-bond acceptors (Lipinski definition) is 3. The van der Waals surface area contributed by atoms with E-state index in [-0.39, 0.29) is 0 Å². The van der Waals surface area contributed by atoms with E-state index in [1.165, 1.54) is 104 Å². The topological polar surface area (TPSA) is 0 Å². The molecule has 0 nitrogen and oxygen atoms in total. The van der Waals surface area contributed by atoms with Gasteiger partial charge in [0.1, 0.15) is 0 Å². The summed E-state index contributed by atoms with van der Waals surface area (Å²) in [4.78, 5) is 1.32. The zero-order valence-corrected chi connectivity index (χ0v) is 27.5. The molecule has 47 heavy (non-hydrogen) atoms. The maximum Gasteiger partial charge on any atom is 0.0542 e. The fraction of sp³-hybridized carbons (Fsp3) is 0. The summed E-state index contributed by atoms with van der Waals surface area (Å²) in [5.74, 6) is 0. The van der Waals surface area contributed by atoms with E-state index < -0.39 is 0 Å². The molecular formula is C44H24S3. The second kappa shape index (κ2) is 9.73. The summed E-state index contributed by atoms with van der Waals surface area (Å²) >= 11 is 5.75. The van der Waals surface area contributed by atoms with Gasteiger partial charge in [0.15, 0.2) is 0 Å². The van der Waals surface area contributed by atoms with Gasteiger partial charge in [-0.15, -0.1) is 34.0 Å². The van der Waals surface area contributed by atoms with Crippen molar-refractivity contribution in [2.75, 3.05) is 0 Å². The van der Waals surface area contributed by atoms with Gasteiger partial charge in [0.05, 0.1) is 9.40 Å². The van der Waals surface area contributed by atoms with Gasteiger partial charge in [-0.3, -0.25) is 0 Å². The highest BCUT2D eigenvalue weighted by atomic mass is 32.1. The third-order valence-corrected chi connectivity index (χ3v) is 13.4. The molecule has 0 aliphatic heterocycles. The van der Waals surface area contributed by atoms with Gasteiger partial charge in [-0.25, -0.2) is 0 Å². The van der Waals surface area contributed by atoms with Crippen molar-refractivity contribution in [1.82, 2.24) is 0 Å². The average molecular weight is 649 g/mol. The largest absolute Gasteiger partial charge is 0.135 e. The lowest BCUT2D eigenvalue weighted by Crippen LogP contribution is -1.82. The standard InChI is InChI=1S/C44H24S3/c1-3-7-27-21-40-36(18-25(27)5-1)24-39(45-40)34-14-13-30-15-29(9-10-31(30)16-34)32-11-12-33-23-42-38(20-35(33)17-32)44-43(47-42)37-19-26-6-2-4-8-28(26)22-41(37)46-44/h1-24H. The highest BCUT2D eigenvalue weighted by Gasteiger charge is 2.15. The van der Waals surface area contributed by atoms with Crippen LogP contribution in [-0.2, 0) is 0 Å². The van der Waals surface area contributed by atoms with E-state index in [4.69, 9.17) is 0 Å². The molecule has 0 saturated heterocycles. The maximum absolute atomic E-state index is 2.42. The molecule has 11 rings (SSSR count). The minimum absolute atomic E-state index is 1.25. The molecule has 0 amide bonds. The van der Waals surface area contributed by atoms with Crippen molar-refractivity contribution >= 4 is 117 Å². The van der Waals surface area contributed by atoms with Crippen molar-refractivity contribution < 1.29 is 0 Å². The van der Waals surface area contributed by atoms with Crippen molar-refractivity contribution in [2.24, 2.45) is 0 Å². The summed E-state index contributed by atoms with van der Waals surface area (Å²) in [7, 11) is 0. The molecule has 0 saturated carbocycles. The number of thiophene rings is 3. The summed E-state index contributed by atoms with van der Waals surface area (Å²) in [5.41, 5.74) is 3.79. The SMILES string of the molecule is c1ccc2cc3sc(-c4ccc5cc(-c6ccc7cc8sc9c%10cc%11ccccc%11cc%10sc9c8cc7c6)ccc5c4)cc3cc2c1. The molecule has 218 valence electrons. The molecule has 11 aromatic rings. The van der Waals surface area contributed by atoms with Crippen LogP contribution in [0.15, 0.2) is 146 Å². The molecule has 0 aliphatic rings. The summed E-state index contributed by atoms with van der Waals surface area (Å²) in [6.45, 7) is 0. The van der Waals surface area contributed by atoms with Gasteiger partial charge >= 0.3 is 0 Å². The lowest BCUT2D eigenvalue weighted by Gasteiger charge is -2.08. The third kappa shape index (κ3) is 4.04. The van der Waals surface area contributed by atoms with Gasteiger partial charge < -0.3 is 0 Å². The number of fused-ring (bicyclic) bond motifs is 10. The van der Waals surface area contributed by atoms with E-state index in [0.717, 1.165) is 0 Å². The third-order valence-electron chi connectivity index (χ3n) is 9.75. The van der Waals surface area contributed by atoms with Gasteiger partial charge in [-0.2, -0.15) is 0 Å². The minimum Gasteiger partial charge on any atom is -0.135 e. The van der Waals surface area contributed by atoms with E-state index in [1.807, 2.05) is 34.0 Å². The first-order chi connectivity index (χ1) is 23.2. The first kappa shape index (κ1) is 26.1.